The first-order valence-electron chi connectivity index (χ1n) is 11.4. The second-order valence-electron chi connectivity index (χ2n) is 7.39. The Labute approximate surface area is 227 Å². The zero-order chi connectivity index (χ0) is 23.6. The number of carbonyl (C=O) groups is 2. The molecule has 0 radical (unpaired) electrons. The molecule has 0 bridgehead atoms. The van der Waals surface area contributed by atoms with E-state index < -0.39 is 11.9 Å². The van der Waals surface area contributed by atoms with Gasteiger partial charge in [-0.3, -0.25) is 0 Å². The molecule has 0 spiro atoms. The van der Waals surface area contributed by atoms with Gasteiger partial charge < -0.3 is 29.3 Å². The standard InChI is InChI=1S/2C13H18O3.Ca/c2*1-2-3-4-7-10-16-12-9-6-5-8-11(12)13(14)15;/h2*5-6,8-9H,2-4,7,10H2,1H3,(H,14,15);/q;;+2/p-2. The summed E-state index contributed by atoms with van der Waals surface area (Å²) in [5.41, 5.74) is 0.246. The number of carboxylic acid groups (broad SMARTS) is 2. The van der Waals surface area contributed by atoms with Crippen molar-refractivity contribution in [3.63, 3.8) is 0 Å². The molecule has 2 aromatic carbocycles. The summed E-state index contributed by atoms with van der Waals surface area (Å²) >= 11 is 0. The molecule has 0 aliphatic carbocycles. The molecule has 0 saturated heterocycles. The zero-order valence-corrected chi connectivity index (χ0v) is 22.1. The molecule has 0 aliphatic heterocycles. The molecule has 0 N–H and O–H groups in total. The summed E-state index contributed by atoms with van der Waals surface area (Å²) in [6.07, 6.45) is 8.86. The molecule has 2 aromatic rings. The Balaban J connectivity index is 0.000000602. The molecule has 0 amide bonds. The Morgan fingerprint density at radius 2 is 1.00 bits per heavy atom. The van der Waals surface area contributed by atoms with Crippen LogP contribution in [0.15, 0.2) is 48.5 Å². The van der Waals surface area contributed by atoms with Gasteiger partial charge in [-0.15, -0.1) is 0 Å². The van der Waals surface area contributed by atoms with Crippen molar-refractivity contribution >= 4 is 49.7 Å². The van der Waals surface area contributed by atoms with Crippen LogP contribution < -0.4 is 19.7 Å². The molecule has 0 fully saturated rings. The topological polar surface area (TPSA) is 98.7 Å². The Kier molecular flexibility index (Phi) is 18.6. The number of aromatic carboxylic acids is 2. The second-order valence-corrected chi connectivity index (χ2v) is 7.39. The van der Waals surface area contributed by atoms with Crippen LogP contribution in [0.1, 0.15) is 85.9 Å². The predicted molar refractivity (Wildman–Crippen MR) is 127 cm³/mol. The molecular weight excluding hydrogens is 448 g/mol. The van der Waals surface area contributed by atoms with Crippen molar-refractivity contribution in [3.05, 3.63) is 59.7 Å². The number of rotatable bonds is 14. The van der Waals surface area contributed by atoms with Crippen LogP contribution in [0.2, 0.25) is 0 Å². The third kappa shape index (κ3) is 13.5. The van der Waals surface area contributed by atoms with E-state index in [1.165, 1.54) is 37.8 Å². The summed E-state index contributed by atoms with van der Waals surface area (Å²) in [6.45, 7) is 5.41. The number of hydrogen-bond donors (Lipinski definition) is 0. The molecule has 0 aliphatic rings. The third-order valence-electron chi connectivity index (χ3n) is 4.72. The largest absolute Gasteiger partial charge is 2.00 e. The Morgan fingerprint density at radius 3 is 1.33 bits per heavy atom. The molecule has 0 unspecified atom stereocenters. The maximum atomic E-state index is 10.8. The van der Waals surface area contributed by atoms with Gasteiger partial charge in [-0.1, -0.05) is 76.6 Å². The quantitative estimate of drug-likeness (QED) is 0.301. The molecule has 6 nitrogen and oxygen atoms in total. The first-order valence-corrected chi connectivity index (χ1v) is 11.4. The third-order valence-corrected chi connectivity index (χ3v) is 4.72. The maximum Gasteiger partial charge on any atom is 2.00 e. The molecule has 7 heteroatoms. The minimum absolute atomic E-state index is 0. The second kappa shape index (κ2) is 19.7. The van der Waals surface area contributed by atoms with Gasteiger partial charge in [-0.2, -0.15) is 0 Å². The minimum atomic E-state index is -1.19. The Hall–Kier alpha value is -1.76. The molecule has 176 valence electrons. The van der Waals surface area contributed by atoms with Gasteiger partial charge in [0.2, 0.25) is 0 Å². The monoisotopic (exact) mass is 482 g/mol. The van der Waals surface area contributed by atoms with Crippen LogP contribution in [0.4, 0.5) is 0 Å². The van der Waals surface area contributed by atoms with Crippen LogP contribution in [0.25, 0.3) is 0 Å². The normalized spacial score (nSPS) is 9.76. The van der Waals surface area contributed by atoms with Crippen LogP contribution in [0, 0.1) is 0 Å². The first-order chi connectivity index (χ1) is 15.5. The summed E-state index contributed by atoms with van der Waals surface area (Å²) in [4.78, 5) is 21.5. The van der Waals surface area contributed by atoms with Crippen molar-refractivity contribution < 1.29 is 29.3 Å². The maximum absolute atomic E-state index is 10.8. The van der Waals surface area contributed by atoms with Crippen LogP contribution in [0.5, 0.6) is 11.5 Å². The van der Waals surface area contributed by atoms with E-state index in [2.05, 4.69) is 13.8 Å². The van der Waals surface area contributed by atoms with Gasteiger partial charge in [0.15, 0.2) is 0 Å². The fourth-order valence-corrected chi connectivity index (χ4v) is 2.94. The van der Waals surface area contributed by atoms with Gasteiger partial charge in [0.05, 0.1) is 25.2 Å². The summed E-state index contributed by atoms with van der Waals surface area (Å²) in [5.74, 6) is -1.58. The van der Waals surface area contributed by atoms with Crippen LogP contribution in [-0.4, -0.2) is 62.9 Å². The first kappa shape index (κ1) is 31.2. The summed E-state index contributed by atoms with van der Waals surface area (Å²) < 4.78 is 10.8. The molecule has 0 heterocycles. The fourth-order valence-electron chi connectivity index (χ4n) is 2.94. The summed E-state index contributed by atoms with van der Waals surface area (Å²) in [7, 11) is 0. The molecule has 0 saturated carbocycles. The van der Waals surface area contributed by atoms with Gasteiger partial charge in [-0.05, 0) is 37.1 Å². The smallest absolute Gasteiger partial charge is 0.545 e. The zero-order valence-electron chi connectivity index (χ0n) is 19.8. The van der Waals surface area contributed by atoms with E-state index in [4.69, 9.17) is 9.47 Å². The number of para-hydroxylation sites is 2. The Morgan fingerprint density at radius 1 is 0.636 bits per heavy atom. The van der Waals surface area contributed by atoms with Crippen molar-refractivity contribution in [2.75, 3.05) is 13.2 Å². The molecule has 2 rings (SSSR count). The SMILES string of the molecule is CCCCCCOc1ccccc1C(=O)[O-].CCCCCCOc1ccccc1C(=O)[O-].[Ca+2]. The van der Waals surface area contributed by atoms with E-state index in [9.17, 15) is 19.8 Å². The van der Waals surface area contributed by atoms with Crippen molar-refractivity contribution in [2.45, 2.75) is 65.2 Å². The predicted octanol–water partition coefficient (Wildman–Crippen LogP) is 3.64. The number of unbranched alkanes of at least 4 members (excludes halogenated alkanes) is 6. The summed E-state index contributed by atoms with van der Waals surface area (Å²) in [6, 6.07) is 13.1. The van der Waals surface area contributed by atoms with Crippen LogP contribution in [-0.2, 0) is 0 Å². The number of benzene rings is 2. The van der Waals surface area contributed by atoms with E-state index in [-0.39, 0.29) is 48.9 Å². The van der Waals surface area contributed by atoms with Gasteiger partial charge in [0.1, 0.15) is 11.5 Å². The average molecular weight is 483 g/mol. The fraction of sp³-hybridized carbons (Fsp3) is 0.462. The van der Waals surface area contributed by atoms with Crippen LogP contribution in [0.3, 0.4) is 0 Å². The van der Waals surface area contributed by atoms with E-state index in [1.807, 2.05) is 0 Å². The summed E-state index contributed by atoms with van der Waals surface area (Å²) in [5, 5.41) is 21.5. The number of carboxylic acids is 2. The Bertz CT molecular complexity index is 741. The van der Waals surface area contributed by atoms with Gasteiger partial charge in [0, 0.05) is 11.1 Å². The molecule has 0 aromatic heterocycles. The van der Waals surface area contributed by atoms with Crippen LogP contribution >= 0.6 is 0 Å². The van der Waals surface area contributed by atoms with E-state index in [0.29, 0.717) is 24.7 Å². The van der Waals surface area contributed by atoms with Crippen molar-refractivity contribution in [1.82, 2.24) is 0 Å². The van der Waals surface area contributed by atoms with E-state index >= 15 is 0 Å². The minimum Gasteiger partial charge on any atom is -0.545 e. The average Bonchev–Trinajstić information content (AvgIpc) is 2.79. The molecule has 0 atom stereocenters. The van der Waals surface area contributed by atoms with Crippen molar-refractivity contribution in [3.8, 4) is 11.5 Å². The van der Waals surface area contributed by atoms with Gasteiger partial charge >= 0.3 is 37.7 Å². The number of hydrogen-bond acceptors (Lipinski definition) is 6. The molecular formula is C26H34CaO6. The van der Waals surface area contributed by atoms with E-state index in [1.54, 1.807) is 36.4 Å². The van der Waals surface area contributed by atoms with Gasteiger partial charge in [0.25, 0.3) is 0 Å². The van der Waals surface area contributed by atoms with Crippen molar-refractivity contribution in [2.24, 2.45) is 0 Å². The van der Waals surface area contributed by atoms with E-state index in [0.717, 1.165) is 25.7 Å². The number of ether oxygens (including phenoxy) is 2. The number of carbonyl (C=O) groups excluding carboxylic acids is 2. The molecule has 33 heavy (non-hydrogen) atoms. The van der Waals surface area contributed by atoms with Crippen molar-refractivity contribution in [1.29, 1.82) is 0 Å². The van der Waals surface area contributed by atoms with Gasteiger partial charge in [-0.25, -0.2) is 0 Å².